The highest BCUT2D eigenvalue weighted by molar-refractivity contribution is 7.90. The van der Waals surface area contributed by atoms with E-state index < -0.39 is 109 Å². The number of ether oxygens (including phenoxy) is 7. The molecule has 0 bridgehead atoms. The van der Waals surface area contributed by atoms with Crippen molar-refractivity contribution in [2.75, 3.05) is 47.1 Å². The molecule has 4 aliphatic rings. The van der Waals surface area contributed by atoms with Gasteiger partial charge in [0.1, 0.15) is 35.7 Å². The van der Waals surface area contributed by atoms with Gasteiger partial charge in [0, 0.05) is 38.5 Å². The smallest absolute Gasteiger partial charge is 0.311 e. The monoisotopic (exact) mass is 1190 g/mol. The molecule has 4 aliphatic heterocycles. The van der Waals surface area contributed by atoms with Crippen LogP contribution in [-0.4, -0.2) is 190 Å². The van der Waals surface area contributed by atoms with Gasteiger partial charge in [-0.05, 0) is 131 Å². The Morgan fingerprint density at radius 3 is 1.87 bits per heavy atom. The molecule has 4 saturated heterocycles. The second kappa shape index (κ2) is 31.5. The van der Waals surface area contributed by atoms with E-state index in [1.807, 2.05) is 32.8 Å². The number of unbranched alkanes of at least 4 members (excludes halogenated alkanes) is 8. The molecule has 6 rings (SSSR count). The Kier molecular flexibility index (Phi) is 27.0. The molecule has 4 heterocycles. The van der Waals surface area contributed by atoms with Gasteiger partial charge in [-0.3, -0.25) is 9.59 Å². The number of hydrogen-bond acceptors (Lipinski definition) is 15. The maximum atomic E-state index is 14.7. The number of methoxy groups -OCH3 is 1. The summed E-state index contributed by atoms with van der Waals surface area (Å²) in [5.41, 5.74) is -4.22. The first-order chi connectivity index (χ1) is 38.3. The van der Waals surface area contributed by atoms with Crippen molar-refractivity contribution in [3.8, 4) is 0 Å². The number of rotatable bonds is 22. The van der Waals surface area contributed by atoms with Crippen LogP contribution >= 0.6 is 7.26 Å². The second-order valence-electron chi connectivity index (χ2n) is 25.7. The van der Waals surface area contributed by atoms with Gasteiger partial charge in [0.25, 0.3) is 0 Å². The van der Waals surface area contributed by atoms with Crippen molar-refractivity contribution >= 4 is 29.7 Å². The Balaban J connectivity index is 0.0000123. The third-order valence-corrected chi connectivity index (χ3v) is 23.8. The first-order valence-corrected chi connectivity index (χ1v) is 32.8. The molecule has 2 aromatic carbocycles. The number of amides is 1. The average molecular weight is 1190 g/mol. The Labute approximate surface area is 498 Å². The highest BCUT2D eigenvalue weighted by atomic mass is 35.5. The first kappa shape index (κ1) is 70.4. The van der Waals surface area contributed by atoms with Gasteiger partial charge in [0.2, 0.25) is 5.91 Å². The standard InChI is InChI=1S/C64H106N2O14P.ClH/c1-14-52-64(10,73)57(69)46(6)66(53(67)34-28-20-18-16-15-17-19-21-29-35-81(50-40-75-41-50,48-30-24-22-25-31-48)49-32-26-23-27-33-49)39-42(2)37-62(8,72)59(80-61-55(68)51(65(11)12)36-43(3)76-61)44(4)56(45(5)60(71)78-52)79-54-38-63(9,74-13)58(70)47(7)77-54;/h22-27,30-33,42-47,50-52,54-59,61,68-70,72-73H,14-21,28-29,34-41H2,1-13H3;1H/q+1;/p-1/t42-,43-,44+,45-,46-,47+,51+,52-,54+,55-,56+,57-,58+,59-,61+,62-,63-,64-;/m1./s1. The summed E-state index contributed by atoms with van der Waals surface area (Å²) in [6.45, 7) is 19.1. The lowest BCUT2D eigenvalue weighted by Crippen LogP contribution is -3.00. The van der Waals surface area contributed by atoms with Crippen LogP contribution in [0.15, 0.2) is 60.7 Å². The zero-order valence-electron chi connectivity index (χ0n) is 51.9. The minimum Gasteiger partial charge on any atom is -1.00 e. The number of likely N-dealkylation sites (N-methyl/N-ethyl adjacent to an activating group) is 1. The quantitative estimate of drug-likeness (QED) is 0.0612. The Bertz CT molecular complexity index is 2170. The molecule has 82 heavy (non-hydrogen) atoms. The SMILES string of the molecule is CC[C@H]1OC(=O)[C@H](C)[C@@H](O[C@H]2C[C@@](C)(OC)[C@@H](O)[C@H](C)O2)[C@H](C)[C@@H](O[C@@H]2O[C@H](C)C[C@H](N(C)C)[C@H]2O)[C@](C)(O)C[C@@H](C)CN(C(=O)CCCCCCCCCCC[P+](c2ccccc2)(c2ccccc2)C2COC2)[C@H](C)[C@@H](O)[C@]1(C)O.[Cl-]. The molecule has 0 radical (unpaired) electrons. The zero-order chi connectivity index (χ0) is 59.5. The van der Waals surface area contributed by atoms with Crippen molar-refractivity contribution in [1.29, 1.82) is 0 Å². The molecule has 18 heteroatoms. The molecule has 5 N–H and O–H groups in total. The van der Waals surface area contributed by atoms with Crippen LogP contribution in [0.2, 0.25) is 0 Å². The topological polar surface area (TPSA) is 206 Å². The molecule has 0 spiro atoms. The van der Waals surface area contributed by atoms with Crippen molar-refractivity contribution in [2.24, 2.45) is 17.8 Å². The van der Waals surface area contributed by atoms with Crippen molar-refractivity contribution in [3.05, 3.63) is 60.7 Å². The van der Waals surface area contributed by atoms with E-state index in [0.717, 1.165) is 38.9 Å². The lowest BCUT2D eigenvalue weighted by Gasteiger charge is -2.48. The Morgan fingerprint density at radius 1 is 0.780 bits per heavy atom. The molecule has 0 unspecified atom stereocenters. The van der Waals surface area contributed by atoms with E-state index >= 15 is 0 Å². The zero-order valence-corrected chi connectivity index (χ0v) is 53.5. The van der Waals surface area contributed by atoms with Gasteiger partial charge in [-0.15, -0.1) is 0 Å². The molecule has 16 nitrogen and oxygen atoms in total. The second-order valence-corrected chi connectivity index (χ2v) is 29.6. The summed E-state index contributed by atoms with van der Waals surface area (Å²) in [6.07, 6.45) is 1.43. The summed E-state index contributed by atoms with van der Waals surface area (Å²) in [7, 11) is 3.64. The van der Waals surface area contributed by atoms with Gasteiger partial charge in [0.05, 0.1) is 84.8 Å². The van der Waals surface area contributed by atoms with Gasteiger partial charge < -0.3 is 80.9 Å². The summed E-state index contributed by atoms with van der Waals surface area (Å²) in [5.74, 6) is -3.25. The van der Waals surface area contributed by atoms with Gasteiger partial charge in [-0.2, -0.15) is 0 Å². The van der Waals surface area contributed by atoms with E-state index in [-0.39, 0.29) is 62.7 Å². The first-order valence-electron chi connectivity index (χ1n) is 30.7. The molecule has 1 amide bonds. The maximum Gasteiger partial charge on any atom is 0.311 e. The van der Waals surface area contributed by atoms with Crippen molar-refractivity contribution < 1.29 is 80.7 Å². The van der Waals surface area contributed by atoms with Crippen LogP contribution in [-0.2, 0) is 42.7 Å². The number of benzene rings is 2. The van der Waals surface area contributed by atoms with E-state index in [4.69, 9.17) is 33.2 Å². The van der Waals surface area contributed by atoms with E-state index in [2.05, 4.69) is 60.7 Å². The average Bonchev–Trinajstić information content (AvgIpc) is 3.43. The van der Waals surface area contributed by atoms with Crippen LogP contribution in [0.3, 0.4) is 0 Å². The van der Waals surface area contributed by atoms with Crippen molar-refractivity contribution in [1.82, 2.24) is 9.80 Å². The number of aliphatic hydroxyl groups excluding tert-OH is 3. The lowest BCUT2D eigenvalue weighted by atomic mass is 9.77. The van der Waals surface area contributed by atoms with Crippen LogP contribution in [0.1, 0.15) is 159 Å². The number of cyclic esters (lactones) is 1. The van der Waals surface area contributed by atoms with Gasteiger partial charge in [0.15, 0.2) is 12.6 Å². The number of carbonyl (C=O) groups is 2. The minimum absolute atomic E-state index is 0. The molecule has 18 atom stereocenters. The molecule has 0 aliphatic carbocycles. The molecule has 0 aromatic heterocycles. The number of carbonyl (C=O) groups excluding carboxylic acids is 2. The number of nitrogens with zero attached hydrogens (tertiary/aromatic N) is 2. The van der Waals surface area contributed by atoms with Crippen LogP contribution in [0.5, 0.6) is 0 Å². The van der Waals surface area contributed by atoms with E-state index in [9.17, 15) is 35.1 Å². The number of esters is 1. The van der Waals surface area contributed by atoms with E-state index in [0.29, 0.717) is 18.5 Å². The van der Waals surface area contributed by atoms with Gasteiger partial charge in [-0.25, -0.2) is 0 Å². The maximum absolute atomic E-state index is 14.7. The summed E-state index contributed by atoms with van der Waals surface area (Å²) < 4.78 is 44.1. The Morgan fingerprint density at radius 2 is 1.34 bits per heavy atom. The molecular formula is C64H106ClN2O14P. The van der Waals surface area contributed by atoms with Crippen molar-refractivity contribution in [3.63, 3.8) is 0 Å². The molecule has 4 fully saturated rings. The summed E-state index contributed by atoms with van der Waals surface area (Å²) >= 11 is 0. The predicted octanol–water partition coefficient (Wildman–Crippen LogP) is 4.77. The molecule has 2 aromatic rings. The summed E-state index contributed by atoms with van der Waals surface area (Å²) in [6, 6.07) is 21.0. The fourth-order valence-electron chi connectivity index (χ4n) is 13.7. The fraction of sp³-hybridized carbons (Fsp3) is 0.781. The Hall–Kier alpha value is -2.38. The largest absolute Gasteiger partial charge is 1.00 e. The van der Waals surface area contributed by atoms with Crippen molar-refractivity contribution in [2.45, 2.75) is 255 Å². The molecule has 0 saturated carbocycles. The molecular weight excluding hydrogens is 1090 g/mol. The van der Waals surface area contributed by atoms with Crippen LogP contribution in [0.4, 0.5) is 0 Å². The highest BCUT2D eigenvalue weighted by Crippen LogP contribution is 2.63. The predicted molar refractivity (Wildman–Crippen MR) is 318 cm³/mol. The van der Waals surface area contributed by atoms with Crippen LogP contribution in [0.25, 0.3) is 0 Å². The highest BCUT2D eigenvalue weighted by Gasteiger charge is 2.55. The number of aliphatic hydroxyl groups is 5. The fourth-order valence-corrected chi connectivity index (χ4v) is 18.6. The number of halogens is 1. The summed E-state index contributed by atoms with van der Waals surface area (Å²) in [4.78, 5) is 32.8. The summed E-state index contributed by atoms with van der Waals surface area (Å²) in [5, 5.41) is 63.4. The normalized spacial score (nSPS) is 36.6. The molecule has 468 valence electrons. The van der Waals surface area contributed by atoms with E-state index in [1.54, 1.807) is 53.4 Å². The minimum atomic E-state index is -2.00. The number of hydrogen-bond donors (Lipinski definition) is 5. The van der Waals surface area contributed by atoms with E-state index in [1.165, 1.54) is 56.5 Å². The third-order valence-electron chi connectivity index (χ3n) is 18.8. The van der Waals surface area contributed by atoms with Crippen LogP contribution < -0.4 is 23.0 Å². The lowest BCUT2D eigenvalue weighted by molar-refractivity contribution is -0.318. The van der Waals surface area contributed by atoms with Gasteiger partial charge in [-0.1, -0.05) is 95.7 Å². The van der Waals surface area contributed by atoms with Crippen LogP contribution in [0, 0.1) is 17.8 Å². The van der Waals surface area contributed by atoms with Gasteiger partial charge >= 0.3 is 5.97 Å². The third kappa shape index (κ3) is 17.0.